The molecule has 1 aliphatic rings. The minimum absolute atomic E-state index is 0.135. The summed E-state index contributed by atoms with van der Waals surface area (Å²) in [6.45, 7) is 2.81. The lowest BCUT2D eigenvalue weighted by Crippen LogP contribution is -2.41. The van der Waals surface area contributed by atoms with Crippen molar-refractivity contribution in [2.75, 3.05) is 20.1 Å². The highest BCUT2D eigenvalue weighted by molar-refractivity contribution is 6.30. The van der Waals surface area contributed by atoms with Gasteiger partial charge in [-0.1, -0.05) is 23.7 Å². The number of rotatable bonds is 3. The zero-order valence-electron chi connectivity index (χ0n) is 10.7. The summed E-state index contributed by atoms with van der Waals surface area (Å²) in [6, 6.07) is 7.92. The molecule has 1 heterocycles. The van der Waals surface area contributed by atoms with Gasteiger partial charge < -0.3 is 5.32 Å². The third kappa shape index (κ3) is 3.47. The second-order valence-corrected chi connectivity index (χ2v) is 5.25. The number of halogens is 1. The molecule has 1 atom stereocenters. The number of carbonyl (C=O) groups excluding carboxylic acids is 1. The van der Waals surface area contributed by atoms with E-state index in [0.29, 0.717) is 0 Å². The molecule has 98 valence electrons. The van der Waals surface area contributed by atoms with Crippen LogP contribution in [-0.2, 0) is 11.3 Å². The Morgan fingerprint density at radius 2 is 2.17 bits per heavy atom. The fourth-order valence-corrected chi connectivity index (χ4v) is 2.59. The number of nitrogens with one attached hydrogen (secondary N) is 1. The first-order valence-corrected chi connectivity index (χ1v) is 6.75. The van der Waals surface area contributed by atoms with E-state index in [1.165, 1.54) is 5.56 Å². The van der Waals surface area contributed by atoms with Crippen LogP contribution in [0.1, 0.15) is 18.4 Å². The number of hydrogen-bond donors (Lipinski definition) is 1. The SMILES string of the molecule is CNC(=O)[C@H]1CCCN(Cc2ccc(Cl)cc2)C1. The number of piperidine rings is 1. The molecule has 0 radical (unpaired) electrons. The predicted molar refractivity (Wildman–Crippen MR) is 73.5 cm³/mol. The Balaban J connectivity index is 1.93. The zero-order valence-corrected chi connectivity index (χ0v) is 11.4. The number of nitrogens with zero attached hydrogens (tertiary/aromatic N) is 1. The van der Waals surface area contributed by atoms with Gasteiger partial charge in [0.05, 0.1) is 5.92 Å². The molecule has 1 N–H and O–H groups in total. The summed E-state index contributed by atoms with van der Waals surface area (Å²) in [4.78, 5) is 14.0. The van der Waals surface area contributed by atoms with Crippen LogP contribution < -0.4 is 5.32 Å². The van der Waals surface area contributed by atoms with Crippen molar-refractivity contribution in [1.29, 1.82) is 0 Å². The van der Waals surface area contributed by atoms with Crippen molar-refractivity contribution in [2.24, 2.45) is 5.92 Å². The first-order valence-electron chi connectivity index (χ1n) is 6.37. The highest BCUT2D eigenvalue weighted by atomic mass is 35.5. The van der Waals surface area contributed by atoms with Gasteiger partial charge in [0.1, 0.15) is 0 Å². The van der Waals surface area contributed by atoms with Crippen LogP contribution in [-0.4, -0.2) is 30.9 Å². The summed E-state index contributed by atoms with van der Waals surface area (Å²) in [5.74, 6) is 0.298. The van der Waals surface area contributed by atoms with Gasteiger partial charge in [0.2, 0.25) is 5.91 Å². The fourth-order valence-electron chi connectivity index (χ4n) is 2.47. The fraction of sp³-hybridized carbons (Fsp3) is 0.500. The molecule has 3 nitrogen and oxygen atoms in total. The van der Waals surface area contributed by atoms with Crippen LogP contribution in [0.4, 0.5) is 0 Å². The molecule has 0 aliphatic carbocycles. The number of likely N-dealkylation sites (tertiary alicyclic amines) is 1. The summed E-state index contributed by atoms with van der Waals surface area (Å²) in [5.41, 5.74) is 1.25. The summed E-state index contributed by atoms with van der Waals surface area (Å²) in [5, 5.41) is 3.51. The first kappa shape index (κ1) is 13.4. The average molecular weight is 267 g/mol. The highest BCUT2D eigenvalue weighted by Crippen LogP contribution is 2.19. The minimum Gasteiger partial charge on any atom is -0.359 e. The third-order valence-electron chi connectivity index (χ3n) is 3.44. The molecular formula is C14H19ClN2O. The van der Waals surface area contributed by atoms with Gasteiger partial charge in [0, 0.05) is 25.2 Å². The number of carbonyl (C=O) groups is 1. The van der Waals surface area contributed by atoms with Gasteiger partial charge in [-0.3, -0.25) is 9.69 Å². The number of hydrogen-bond acceptors (Lipinski definition) is 2. The molecule has 1 aliphatic heterocycles. The molecule has 0 unspecified atom stereocenters. The van der Waals surface area contributed by atoms with Crippen LogP contribution in [0, 0.1) is 5.92 Å². The predicted octanol–water partition coefficient (Wildman–Crippen LogP) is 2.30. The van der Waals surface area contributed by atoms with E-state index in [2.05, 4.69) is 10.2 Å². The Hall–Kier alpha value is -1.06. The van der Waals surface area contributed by atoms with E-state index in [1.807, 2.05) is 24.3 Å². The van der Waals surface area contributed by atoms with Gasteiger partial charge in [-0.25, -0.2) is 0 Å². The van der Waals surface area contributed by atoms with E-state index in [4.69, 9.17) is 11.6 Å². The normalized spacial score (nSPS) is 20.7. The number of amides is 1. The molecule has 1 aromatic rings. The smallest absolute Gasteiger partial charge is 0.224 e. The maximum atomic E-state index is 11.7. The lowest BCUT2D eigenvalue weighted by molar-refractivity contribution is -0.126. The Labute approximate surface area is 113 Å². The van der Waals surface area contributed by atoms with Crippen LogP contribution in [0.5, 0.6) is 0 Å². The zero-order chi connectivity index (χ0) is 13.0. The van der Waals surface area contributed by atoms with Crippen LogP contribution >= 0.6 is 11.6 Å². The van der Waals surface area contributed by atoms with Crippen molar-refractivity contribution in [1.82, 2.24) is 10.2 Å². The summed E-state index contributed by atoms with van der Waals surface area (Å²) in [6.07, 6.45) is 2.09. The highest BCUT2D eigenvalue weighted by Gasteiger charge is 2.24. The van der Waals surface area contributed by atoms with Crippen molar-refractivity contribution in [2.45, 2.75) is 19.4 Å². The van der Waals surface area contributed by atoms with E-state index in [0.717, 1.165) is 37.5 Å². The summed E-state index contributed by atoms with van der Waals surface area (Å²) in [7, 11) is 1.71. The quantitative estimate of drug-likeness (QED) is 0.911. The van der Waals surface area contributed by atoms with Gasteiger partial charge in [0.25, 0.3) is 0 Å². The van der Waals surface area contributed by atoms with Crippen molar-refractivity contribution < 1.29 is 4.79 Å². The largest absolute Gasteiger partial charge is 0.359 e. The van der Waals surface area contributed by atoms with Crippen molar-refractivity contribution in [3.05, 3.63) is 34.9 Å². The lowest BCUT2D eigenvalue weighted by Gasteiger charge is -2.31. The lowest BCUT2D eigenvalue weighted by atomic mass is 9.97. The first-order chi connectivity index (χ1) is 8.69. The molecular weight excluding hydrogens is 248 g/mol. The standard InChI is InChI=1S/C14H19ClN2O/c1-16-14(18)12-3-2-8-17(10-12)9-11-4-6-13(15)7-5-11/h4-7,12H,2-3,8-10H2,1H3,(H,16,18)/t12-/m0/s1. The molecule has 0 bridgehead atoms. The Morgan fingerprint density at radius 3 is 2.83 bits per heavy atom. The van der Waals surface area contributed by atoms with Crippen LogP contribution in [0.2, 0.25) is 5.02 Å². The maximum absolute atomic E-state index is 11.7. The second kappa shape index (κ2) is 6.21. The van der Waals surface area contributed by atoms with E-state index in [1.54, 1.807) is 7.05 Å². The van der Waals surface area contributed by atoms with Crippen molar-refractivity contribution >= 4 is 17.5 Å². The van der Waals surface area contributed by atoms with Crippen LogP contribution in [0.3, 0.4) is 0 Å². The Morgan fingerprint density at radius 1 is 1.44 bits per heavy atom. The molecule has 4 heteroatoms. The van der Waals surface area contributed by atoms with E-state index in [9.17, 15) is 4.79 Å². The topological polar surface area (TPSA) is 32.3 Å². The molecule has 1 fully saturated rings. The van der Waals surface area contributed by atoms with Gasteiger partial charge in [0.15, 0.2) is 0 Å². The molecule has 0 aromatic heterocycles. The molecule has 1 amide bonds. The number of benzene rings is 1. The monoisotopic (exact) mass is 266 g/mol. The summed E-state index contributed by atoms with van der Waals surface area (Å²) >= 11 is 5.87. The average Bonchev–Trinajstić information content (AvgIpc) is 2.41. The van der Waals surface area contributed by atoms with Gasteiger partial charge in [-0.15, -0.1) is 0 Å². The Kier molecular flexibility index (Phi) is 4.61. The third-order valence-corrected chi connectivity index (χ3v) is 3.69. The van der Waals surface area contributed by atoms with Crippen molar-refractivity contribution in [3.8, 4) is 0 Å². The second-order valence-electron chi connectivity index (χ2n) is 4.81. The molecule has 0 saturated carbocycles. The minimum atomic E-state index is 0.135. The van der Waals surface area contributed by atoms with Crippen molar-refractivity contribution in [3.63, 3.8) is 0 Å². The molecule has 18 heavy (non-hydrogen) atoms. The van der Waals surface area contributed by atoms with Crippen LogP contribution in [0.25, 0.3) is 0 Å². The van der Waals surface area contributed by atoms with Gasteiger partial charge in [-0.05, 0) is 37.1 Å². The van der Waals surface area contributed by atoms with E-state index >= 15 is 0 Å². The molecule has 2 rings (SSSR count). The molecule has 1 saturated heterocycles. The van der Waals surface area contributed by atoms with Gasteiger partial charge in [-0.2, -0.15) is 0 Å². The van der Waals surface area contributed by atoms with E-state index in [-0.39, 0.29) is 11.8 Å². The summed E-state index contributed by atoms with van der Waals surface area (Å²) < 4.78 is 0. The molecule has 1 aromatic carbocycles. The maximum Gasteiger partial charge on any atom is 0.224 e. The van der Waals surface area contributed by atoms with Gasteiger partial charge >= 0.3 is 0 Å². The van der Waals surface area contributed by atoms with Crippen LogP contribution in [0.15, 0.2) is 24.3 Å². The Bertz CT molecular complexity index is 405. The molecule has 0 spiro atoms. The van der Waals surface area contributed by atoms with E-state index < -0.39 is 0 Å².